The standard InChI is InChI=1S/C21H29N3O2/c1-16-5-7-18(8-6-16)24-20(25)15-19(21(24)26)23-13-9-17(10-14-23)22-11-3-2-4-12-22/h5-8,17,19H,2-4,9-15H2,1H3/p+2/t19-/m0/s1. The van der Waals surface area contributed by atoms with E-state index in [1.807, 2.05) is 31.2 Å². The number of nitrogens with one attached hydrogen (secondary N) is 2. The fraction of sp³-hybridized carbons (Fsp3) is 0.619. The molecule has 3 saturated heterocycles. The number of piperidine rings is 2. The molecule has 4 rings (SSSR count). The van der Waals surface area contributed by atoms with E-state index in [1.54, 1.807) is 4.90 Å². The molecular weight excluding hydrogens is 326 g/mol. The van der Waals surface area contributed by atoms with Gasteiger partial charge in [-0.3, -0.25) is 9.59 Å². The van der Waals surface area contributed by atoms with Crippen molar-refractivity contribution in [3.63, 3.8) is 0 Å². The van der Waals surface area contributed by atoms with Crippen LogP contribution in [-0.4, -0.2) is 50.1 Å². The van der Waals surface area contributed by atoms with E-state index in [4.69, 9.17) is 0 Å². The Bertz CT molecular complexity index is 658. The van der Waals surface area contributed by atoms with Gasteiger partial charge < -0.3 is 9.80 Å². The number of anilines is 1. The molecule has 140 valence electrons. The highest BCUT2D eigenvalue weighted by atomic mass is 16.2. The predicted molar refractivity (Wildman–Crippen MR) is 100 cm³/mol. The second-order valence-corrected chi connectivity index (χ2v) is 8.31. The van der Waals surface area contributed by atoms with Crippen LogP contribution >= 0.6 is 0 Å². The average Bonchev–Trinajstić information content (AvgIpc) is 2.98. The second kappa shape index (κ2) is 7.49. The third-order valence-electron chi connectivity index (χ3n) is 6.63. The van der Waals surface area contributed by atoms with Crippen LogP contribution in [0.3, 0.4) is 0 Å². The van der Waals surface area contributed by atoms with Crippen LogP contribution in [0.25, 0.3) is 0 Å². The van der Waals surface area contributed by atoms with Gasteiger partial charge in [0.1, 0.15) is 0 Å². The van der Waals surface area contributed by atoms with Crippen LogP contribution < -0.4 is 14.7 Å². The zero-order chi connectivity index (χ0) is 18.1. The fourth-order valence-corrected chi connectivity index (χ4v) is 5.08. The molecule has 3 aliphatic rings. The van der Waals surface area contributed by atoms with Crippen LogP contribution in [0.4, 0.5) is 5.69 Å². The van der Waals surface area contributed by atoms with Crippen LogP contribution in [-0.2, 0) is 9.59 Å². The molecule has 0 radical (unpaired) electrons. The van der Waals surface area contributed by atoms with Crippen LogP contribution in [0.2, 0.25) is 0 Å². The summed E-state index contributed by atoms with van der Waals surface area (Å²) < 4.78 is 0. The summed E-state index contributed by atoms with van der Waals surface area (Å²) in [7, 11) is 0. The molecule has 0 aromatic heterocycles. The Labute approximate surface area is 155 Å². The summed E-state index contributed by atoms with van der Waals surface area (Å²) in [4.78, 5) is 30.0. The SMILES string of the molecule is Cc1ccc(N2C(=O)C[C@H]([NH+]3CCC([NH+]4CCCCC4)CC3)C2=O)cc1. The number of rotatable bonds is 3. The molecule has 1 atom stereocenters. The van der Waals surface area contributed by atoms with Gasteiger partial charge in [-0.1, -0.05) is 17.7 Å². The highest BCUT2D eigenvalue weighted by molar-refractivity contribution is 6.21. The molecule has 1 aromatic carbocycles. The second-order valence-electron chi connectivity index (χ2n) is 8.31. The van der Waals surface area contributed by atoms with E-state index in [2.05, 4.69) is 0 Å². The van der Waals surface area contributed by atoms with Gasteiger partial charge >= 0.3 is 0 Å². The molecule has 5 heteroatoms. The summed E-state index contributed by atoms with van der Waals surface area (Å²) in [5.74, 6) is -0.0437. The first kappa shape index (κ1) is 17.7. The van der Waals surface area contributed by atoms with Crippen molar-refractivity contribution in [2.24, 2.45) is 0 Å². The largest absolute Gasteiger partial charge is 0.332 e. The monoisotopic (exact) mass is 357 g/mol. The first-order valence-corrected chi connectivity index (χ1v) is 10.3. The number of hydrogen-bond acceptors (Lipinski definition) is 2. The molecule has 0 aliphatic carbocycles. The molecular formula is C21H31N3O2+2. The summed E-state index contributed by atoms with van der Waals surface area (Å²) >= 11 is 0. The summed E-state index contributed by atoms with van der Waals surface area (Å²) in [6, 6.07) is 8.27. The molecule has 2 amide bonds. The number of imide groups is 1. The topological polar surface area (TPSA) is 46.3 Å². The van der Waals surface area contributed by atoms with Crippen LogP contribution in [0.1, 0.15) is 44.1 Å². The lowest BCUT2D eigenvalue weighted by atomic mass is 9.98. The number of aryl methyl sites for hydroxylation is 1. The number of benzene rings is 1. The summed E-state index contributed by atoms with van der Waals surface area (Å²) in [5.41, 5.74) is 1.86. The Balaban J connectivity index is 1.39. The molecule has 3 heterocycles. The molecule has 3 aliphatic heterocycles. The fourth-order valence-electron chi connectivity index (χ4n) is 5.08. The molecule has 26 heavy (non-hydrogen) atoms. The molecule has 1 aromatic rings. The zero-order valence-electron chi connectivity index (χ0n) is 15.8. The Morgan fingerprint density at radius 1 is 0.885 bits per heavy atom. The van der Waals surface area contributed by atoms with Crippen molar-refractivity contribution in [3.8, 4) is 0 Å². The molecule has 0 bridgehead atoms. The van der Waals surface area contributed by atoms with E-state index >= 15 is 0 Å². The van der Waals surface area contributed by atoms with E-state index in [0.717, 1.165) is 30.4 Å². The van der Waals surface area contributed by atoms with Gasteiger partial charge in [-0.05, 0) is 38.3 Å². The van der Waals surface area contributed by atoms with E-state index in [0.29, 0.717) is 6.42 Å². The highest BCUT2D eigenvalue weighted by Gasteiger charge is 2.47. The molecule has 5 nitrogen and oxygen atoms in total. The smallest absolute Gasteiger partial charge is 0.292 e. The minimum absolute atomic E-state index is 0.00220. The zero-order valence-corrected chi connectivity index (χ0v) is 15.8. The minimum atomic E-state index is -0.180. The number of quaternary nitrogens is 2. The highest BCUT2D eigenvalue weighted by Crippen LogP contribution is 2.22. The summed E-state index contributed by atoms with van der Waals surface area (Å²) in [5, 5.41) is 0. The van der Waals surface area contributed by atoms with Gasteiger partial charge in [-0.2, -0.15) is 0 Å². The minimum Gasteiger partial charge on any atom is -0.332 e. The number of nitrogens with zero attached hydrogens (tertiary/aromatic N) is 1. The number of hydrogen-bond donors (Lipinski definition) is 2. The van der Waals surface area contributed by atoms with E-state index in [1.165, 1.54) is 55.0 Å². The molecule has 3 fully saturated rings. The van der Waals surface area contributed by atoms with E-state index < -0.39 is 0 Å². The van der Waals surface area contributed by atoms with Crippen LogP contribution in [0.15, 0.2) is 24.3 Å². The van der Waals surface area contributed by atoms with E-state index in [-0.39, 0.29) is 17.9 Å². The maximum absolute atomic E-state index is 13.0. The Morgan fingerprint density at radius 2 is 1.54 bits per heavy atom. The predicted octanol–water partition coefficient (Wildman–Crippen LogP) is -0.257. The van der Waals surface area contributed by atoms with Crippen molar-refractivity contribution in [1.29, 1.82) is 0 Å². The van der Waals surface area contributed by atoms with Gasteiger partial charge in [-0.15, -0.1) is 0 Å². The lowest BCUT2D eigenvalue weighted by molar-refractivity contribution is -0.965. The van der Waals surface area contributed by atoms with Crippen molar-refractivity contribution >= 4 is 17.5 Å². The van der Waals surface area contributed by atoms with Crippen molar-refractivity contribution in [2.45, 2.75) is 57.5 Å². The molecule has 0 saturated carbocycles. The summed E-state index contributed by atoms with van der Waals surface area (Å²) in [6.07, 6.45) is 6.86. The average molecular weight is 357 g/mol. The third-order valence-corrected chi connectivity index (χ3v) is 6.63. The van der Waals surface area contributed by atoms with Crippen molar-refractivity contribution < 1.29 is 19.4 Å². The van der Waals surface area contributed by atoms with Gasteiger partial charge in [0.05, 0.1) is 44.3 Å². The number of amides is 2. The van der Waals surface area contributed by atoms with Crippen molar-refractivity contribution in [2.75, 3.05) is 31.1 Å². The quantitative estimate of drug-likeness (QED) is 0.733. The van der Waals surface area contributed by atoms with Gasteiger partial charge in [0, 0.05) is 12.8 Å². The van der Waals surface area contributed by atoms with Crippen molar-refractivity contribution in [1.82, 2.24) is 0 Å². The Morgan fingerprint density at radius 3 is 2.19 bits per heavy atom. The van der Waals surface area contributed by atoms with Gasteiger partial charge in [0.15, 0.2) is 6.04 Å². The first-order chi connectivity index (χ1) is 12.6. The lowest BCUT2D eigenvalue weighted by Crippen LogP contribution is -3.22. The third kappa shape index (κ3) is 3.42. The van der Waals surface area contributed by atoms with E-state index in [9.17, 15) is 9.59 Å². The first-order valence-electron chi connectivity index (χ1n) is 10.3. The normalized spacial score (nSPS) is 30.8. The number of likely N-dealkylation sites (tertiary alicyclic amines) is 2. The molecule has 0 unspecified atom stereocenters. The molecule has 2 N–H and O–H groups in total. The maximum Gasteiger partial charge on any atom is 0.292 e. The van der Waals surface area contributed by atoms with Gasteiger partial charge in [0.25, 0.3) is 5.91 Å². The summed E-state index contributed by atoms with van der Waals surface area (Å²) in [6.45, 7) is 6.71. The van der Waals surface area contributed by atoms with Gasteiger partial charge in [-0.25, -0.2) is 4.90 Å². The molecule has 0 spiro atoms. The van der Waals surface area contributed by atoms with Crippen molar-refractivity contribution in [3.05, 3.63) is 29.8 Å². The van der Waals surface area contributed by atoms with Crippen LogP contribution in [0, 0.1) is 6.92 Å². The Hall–Kier alpha value is -1.72. The lowest BCUT2D eigenvalue weighted by Gasteiger charge is -2.37. The number of carbonyl (C=O) groups is 2. The Kier molecular flexibility index (Phi) is 5.09. The van der Waals surface area contributed by atoms with Crippen LogP contribution in [0.5, 0.6) is 0 Å². The van der Waals surface area contributed by atoms with Gasteiger partial charge in [0.2, 0.25) is 5.91 Å². The number of carbonyl (C=O) groups excluding carboxylic acids is 2. The maximum atomic E-state index is 13.0.